The summed E-state index contributed by atoms with van der Waals surface area (Å²) in [7, 11) is 0. The number of amides is 2. The van der Waals surface area contributed by atoms with E-state index in [0.29, 0.717) is 54.2 Å². The lowest BCUT2D eigenvalue weighted by Gasteiger charge is -2.26. The van der Waals surface area contributed by atoms with Crippen LogP contribution in [-0.4, -0.2) is 57.2 Å². The minimum absolute atomic E-state index is 0.275. The Labute approximate surface area is 223 Å². The van der Waals surface area contributed by atoms with Crippen molar-refractivity contribution in [2.45, 2.75) is 31.4 Å². The quantitative estimate of drug-likeness (QED) is 0.371. The normalized spacial score (nSPS) is 19.0. The van der Waals surface area contributed by atoms with Crippen LogP contribution >= 0.6 is 0 Å². The number of hydrogen-bond donors (Lipinski definition) is 1. The second kappa shape index (κ2) is 10.3. The highest BCUT2D eigenvalue weighted by molar-refractivity contribution is 5.93. The first-order valence-electron chi connectivity index (χ1n) is 12.8. The van der Waals surface area contributed by atoms with Crippen LogP contribution in [0.25, 0.3) is 5.65 Å². The van der Waals surface area contributed by atoms with Crippen molar-refractivity contribution in [1.82, 2.24) is 19.5 Å². The van der Waals surface area contributed by atoms with Gasteiger partial charge in [0.05, 0.1) is 24.3 Å². The molecule has 0 aliphatic carbocycles. The van der Waals surface area contributed by atoms with Gasteiger partial charge in [0.2, 0.25) is 0 Å². The third-order valence-corrected chi connectivity index (χ3v) is 7.18. The van der Waals surface area contributed by atoms with Gasteiger partial charge in [-0.05, 0) is 49.2 Å². The molecule has 9 nitrogen and oxygen atoms in total. The zero-order valence-electron chi connectivity index (χ0n) is 21.0. The van der Waals surface area contributed by atoms with Crippen LogP contribution in [-0.2, 0) is 4.74 Å². The van der Waals surface area contributed by atoms with Crippen molar-refractivity contribution in [1.29, 1.82) is 0 Å². The number of nitrogens with one attached hydrogen (secondary N) is 1. The van der Waals surface area contributed by atoms with Crippen molar-refractivity contribution in [3.63, 3.8) is 0 Å². The van der Waals surface area contributed by atoms with Crippen LogP contribution in [0.3, 0.4) is 0 Å². The summed E-state index contributed by atoms with van der Waals surface area (Å²) in [4.78, 5) is 33.6. The molecule has 4 aromatic rings. The van der Waals surface area contributed by atoms with Crippen LogP contribution in [0.15, 0.2) is 67.0 Å². The SMILES string of the molecule is O=C(O[C@H]1CCN(C(=O)Nc2cnn3ccc(N4CCC[C@@H]4c4cc(F)ccc4F)nc23)C1)c1ccccc1. The fourth-order valence-electron chi connectivity index (χ4n) is 5.24. The monoisotopic (exact) mass is 532 g/mol. The smallest absolute Gasteiger partial charge is 0.338 e. The van der Waals surface area contributed by atoms with Gasteiger partial charge in [0.15, 0.2) is 5.65 Å². The van der Waals surface area contributed by atoms with Gasteiger partial charge in [-0.2, -0.15) is 5.10 Å². The number of benzene rings is 2. The largest absolute Gasteiger partial charge is 0.457 e. The fraction of sp³-hybridized carbons (Fsp3) is 0.286. The number of carbonyl (C=O) groups is 2. The van der Waals surface area contributed by atoms with Crippen molar-refractivity contribution in [3.05, 3.63) is 89.8 Å². The summed E-state index contributed by atoms with van der Waals surface area (Å²) < 4.78 is 35.5. The first-order valence-corrected chi connectivity index (χ1v) is 12.8. The molecule has 11 heteroatoms. The van der Waals surface area contributed by atoms with Crippen LogP contribution in [0.5, 0.6) is 0 Å². The van der Waals surface area contributed by atoms with Gasteiger partial charge >= 0.3 is 12.0 Å². The fourth-order valence-corrected chi connectivity index (χ4v) is 5.24. The lowest BCUT2D eigenvalue weighted by atomic mass is 10.0. The molecule has 6 rings (SSSR count). The van der Waals surface area contributed by atoms with Crippen LogP contribution in [0.2, 0.25) is 0 Å². The Balaban J connectivity index is 1.15. The number of ether oxygens (including phenoxy) is 1. The van der Waals surface area contributed by atoms with E-state index in [9.17, 15) is 18.4 Å². The minimum Gasteiger partial charge on any atom is -0.457 e. The zero-order chi connectivity index (χ0) is 26.9. The van der Waals surface area contributed by atoms with Crippen molar-refractivity contribution in [2.24, 2.45) is 0 Å². The van der Waals surface area contributed by atoms with Crippen LogP contribution in [0, 0.1) is 11.6 Å². The summed E-state index contributed by atoms with van der Waals surface area (Å²) in [6.45, 7) is 1.35. The second-order valence-electron chi connectivity index (χ2n) is 9.69. The first-order chi connectivity index (χ1) is 19.0. The summed E-state index contributed by atoms with van der Waals surface area (Å²) in [5, 5.41) is 7.14. The van der Waals surface area contributed by atoms with E-state index in [1.807, 2.05) is 11.0 Å². The van der Waals surface area contributed by atoms with Crippen molar-refractivity contribution in [3.8, 4) is 0 Å². The van der Waals surface area contributed by atoms with E-state index in [2.05, 4.69) is 10.4 Å². The van der Waals surface area contributed by atoms with Gasteiger partial charge in [0, 0.05) is 31.3 Å². The molecule has 39 heavy (non-hydrogen) atoms. The Morgan fingerprint density at radius 3 is 2.72 bits per heavy atom. The number of hydrogen-bond acceptors (Lipinski definition) is 6. The van der Waals surface area contributed by atoms with E-state index in [-0.39, 0.29) is 18.6 Å². The molecule has 0 spiro atoms. The molecule has 2 aromatic heterocycles. The molecule has 1 N–H and O–H groups in total. The molecular formula is C28H26F2N6O3. The van der Waals surface area contributed by atoms with Crippen LogP contribution in [0.1, 0.15) is 41.2 Å². The summed E-state index contributed by atoms with van der Waals surface area (Å²) >= 11 is 0. The predicted octanol–water partition coefficient (Wildman–Crippen LogP) is 4.81. The highest BCUT2D eigenvalue weighted by Gasteiger charge is 2.31. The lowest BCUT2D eigenvalue weighted by Crippen LogP contribution is -2.34. The molecule has 2 aliphatic heterocycles. The second-order valence-corrected chi connectivity index (χ2v) is 9.69. The molecule has 200 valence electrons. The number of halogens is 2. The maximum Gasteiger partial charge on any atom is 0.338 e. The van der Waals surface area contributed by atoms with Gasteiger partial charge in [-0.15, -0.1) is 0 Å². The van der Waals surface area contributed by atoms with Crippen molar-refractivity contribution in [2.75, 3.05) is 29.9 Å². The van der Waals surface area contributed by atoms with Gasteiger partial charge in [0.25, 0.3) is 0 Å². The highest BCUT2D eigenvalue weighted by Crippen LogP contribution is 2.37. The van der Waals surface area contributed by atoms with E-state index >= 15 is 0 Å². The van der Waals surface area contributed by atoms with Crippen molar-refractivity contribution < 1.29 is 23.1 Å². The van der Waals surface area contributed by atoms with Crippen molar-refractivity contribution >= 4 is 29.2 Å². The number of urea groups is 1. The number of likely N-dealkylation sites (tertiary alicyclic amines) is 1. The number of anilines is 2. The van der Waals surface area contributed by atoms with Crippen LogP contribution < -0.4 is 10.2 Å². The molecule has 0 radical (unpaired) electrons. The summed E-state index contributed by atoms with van der Waals surface area (Å²) in [6, 6.07) is 13.3. The highest BCUT2D eigenvalue weighted by atomic mass is 19.1. The minimum atomic E-state index is -0.485. The predicted molar refractivity (Wildman–Crippen MR) is 140 cm³/mol. The Morgan fingerprint density at radius 2 is 1.87 bits per heavy atom. The number of carbonyl (C=O) groups excluding carboxylic acids is 2. The number of esters is 1. The van der Waals surface area contributed by atoms with E-state index < -0.39 is 23.7 Å². The average Bonchev–Trinajstić information content (AvgIpc) is 3.71. The third-order valence-electron chi connectivity index (χ3n) is 7.18. The number of aromatic nitrogens is 3. The maximum absolute atomic E-state index is 14.5. The molecule has 0 unspecified atom stereocenters. The van der Waals surface area contributed by atoms with Gasteiger partial charge in [0.1, 0.15) is 29.2 Å². The molecule has 0 bridgehead atoms. The zero-order valence-corrected chi connectivity index (χ0v) is 21.0. The van der Waals surface area contributed by atoms with Gasteiger partial charge in [-0.3, -0.25) is 0 Å². The van der Waals surface area contributed by atoms with E-state index in [1.165, 1.54) is 12.3 Å². The van der Waals surface area contributed by atoms with Gasteiger partial charge in [-0.1, -0.05) is 18.2 Å². The van der Waals surface area contributed by atoms with E-state index in [0.717, 1.165) is 18.6 Å². The van der Waals surface area contributed by atoms with Gasteiger partial charge in [-0.25, -0.2) is 27.9 Å². The molecule has 2 fully saturated rings. The average molecular weight is 533 g/mol. The molecule has 2 saturated heterocycles. The Morgan fingerprint density at radius 1 is 1.03 bits per heavy atom. The summed E-state index contributed by atoms with van der Waals surface area (Å²) in [6.07, 6.45) is 4.85. The number of nitrogens with zero attached hydrogens (tertiary/aromatic N) is 5. The molecule has 4 heterocycles. The topological polar surface area (TPSA) is 92.1 Å². The van der Waals surface area contributed by atoms with Gasteiger partial charge < -0.3 is 19.9 Å². The Hall–Kier alpha value is -4.54. The van der Waals surface area contributed by atoms with E-state index in [4.69, 9.17) is 9.72 Å². The third kappa shape index (κ3) is 4.99. The molecule has 0 saturated carbocycles. The number of rotatable bonds is 5. The Bertz CT molecular complexity index is 1530. The van der Waals surface area contributed by atoms with Crippen LogP contribution in [0.4, 0.5) is 25.1 Å². The summed E-state index contributed by atoms with van der Waals surface area (Å²) in [5.41, 5.74) is 1.61. The lowest BCUT2D eigenvalue weighted by molar-refractivity contribution is 0.0329. The first kappa shape index (κ1) is 24.8. The number of fused-ring (bicyclic) bond motifs is 1. The maximum atomic E-state index is 14.5. The molecule has 2 atom stereocenters. The Kier molecular flexibility index (Phi) is 6.55. The molecule has 2 aromatic carbocycles. The molecule has 2 aliphatic rings. The molecular weight excluding hydrogens is 506 g/mol. The summed E-state index contributed by atoms with van der Waals surface area (Å²) in [5.74, 6) is -0.772. The molecule has 2 amide bonds. The standard InChI is InChI=1S/C28H26F2N6O3/c29-19-8-9-22(30)21(15-19)24-7-4-12-35(24)25-11-14-36-26(33-25)23(16-31-36)32-28(38)34-13-10-20(17-34)39-27(37)18-5-2-1-3-6-18/h1-3,5-6,8-9,11,14-16,20,24H,4,7,10,12-13,17H2,(H,32,38)/t20-,24+/m0/s1. The van der Waals surface area contributed by atoms with E-state index in [1.54, 1.807) is 45.9 Å².